The van der Waals surface area contributed by atoms with Gasteiger partial charge in [0.05, 0.1) is 12.7 Å². The Morgan fingerprint density at radius 3 is 2.94 bits per heavy atom. The summed E-state index contributed by atoms with van der Waals surface area (Å²) in [5.74, 6) is 0.729. The number of rotatable bonds is 3. The van der Waals surface area contributed by atoms with E-state index < -0.39 is 0 Å². The Bertz CT molecular complexity index is 289. The summed E-state index contributed by atoms with van der Waals surface area (Å²) in [6.45, 7) is 3.35. The van der Waals surface area contributed by atoms with Crippen LogP contribution in [0.15, 0.2) is 12.2 Å². The molecule has 2 aliphatic rings. The minimum atomic E-state index is 0.146. The van der Waals surface area contributed by atoms with Crippen LogP contribution in [0.1, 0.15) is 6.42 Å². The zero-order valence-corrected chi connectivity index (χ0v) is 10.1. The van der Waals surface area contributed by atoms with E-state index in [4.69, 9.17) is 4.74 Å². The fraction of sp³-hybridized carbons (Fsp3) is 0.750. The van der Waals surface area contributed by atoms with Crippen LogP contribution in [-0.4, -0.2) is 62.1 Å². The molecular formula is C12H20N2O2. The number of hydrogen-bond acceptors (Lipinski definition) is 3. The van der Waals surface area contributed by atoms with Gasteiger partial charge >= 0.3 is 0 Å². The van der Waals surface area contributed by atoms with Gasteiger partial charge in [0.15, 0.2) is 0 Å². The highest BCUT2D eigenvalue weighted by molar-refractivity contribution is 5.87. The van der Waals surface area contributed by atoms with Crippen LogP contribution in [-0.2, 0) is 9.53 Å². The van der Waals surface area contributed by atoms with Crippen LogP contribution in [0.4, 0.5) is 0 Å². The zero-order valence-electron chi connectivity index (χ0n) is 10.1. The van der Waals surface area contributed by atoms with Crippen molar-refractivity contribution in [2.75, 3.05) is 40.3 Å². The highest BCUT2D eigenvalue weighted by Crippen LogP contribution is 2.28. The Kier molecular flexibility index (Phi) is 3.61. The number of amides is 1. The third-order valence-electron chi connectivity index (χ3n) is 3.23. The van der Waals surface area contributed by atoms with E-state index in [2.05, 4.69) is 0 Å². The van der Waals surface area contributed by atoms with Gasteiger partial charge in [-0.3, -0.25) is 4.79 Å². The number of nitrogens with zero attached hydrogens (tertiary/aromatic N) is 2. The molecule has 90 valence electrons. The number of fused-ring (bicyclic) bond motifs is 1. The first-order valence-corrected chi connectivity index (χ1v) is 5.88. The molecule has 4 nitrogen and oxygen atoms in total. The Morgan fingerprint density at radius 1 is 1.56 bits per heavy atom. The van der Waals surface area contributed by atoms with Gasteiger partial charge in [-0.2, -0.15) is 0 Å². The Labute approximate surface area is 96.8 Å². The molecule has 0 bridgehead atoms. The van der Waals surface area contributed by atoms with Crippen molar-refractivity contribution in [1.29, 1.82) is 0 Å². The topological polar surface area (TPSA) is 32.8 Å². The fourth-order valence-electron chi connectivity index (χ4n) is 2.19. The predicted octanol–water partition coefficient (Wildman–Crippen LogP) is 0.352. The molecular weight excluding hydrogens is 204 g/mol. The second-order valence-corrected chi connectivity index (χ2v) is 4.87. The lowest BCUT2D eigenvalue weighted by Gasteiger charge is -2.44. The van der Waals surface area contributed by atoms with Crippen LogP contribution in [0, 0.1) is 5.92 Å². The molecule has 0 spiro atoms. The molecule has 0 aromatic heterocycles. The van der Waals surface area contributed by atoms with E-state index in [-0.39, 0.29) is 5.91 Å². The number of piperidine rings is 1. The third kappa shape index (κ3) is 2.62. The zero-order chi connectivity index (χ0) is 11.5. The van der Waals surface area contributed by atoms with Crippen molar-refractivity contribution in [3.05, 3.63) is 12.2 Å². The quantitative estimate of drug-likeness (QED) is 0.649. The molecule has 2 saturated heterocycles. The van der Waals surface area contributed by atoms with Crippen molar-refractivity contribution in [2.45, 2.75) is 12.5 Å². The molecule has 4 heteroatoms. The summed E-state index contributed by atoms with van der Waals surface area (Å²) in [6, 6.07) is 0. The molecule has 2 rings (SSSR count). The summed E-state index contributed by atoms with van der Waals surface area (Å²) in [7, 11) is 3.98. The van der Waals surface area contributed by atoms with Crippen molar-refractivity contribution in [1.82, 2.24) is 9.80 Å². The average molecular weight is 224 g/mol. The summed E-state index contributed by atoms with van der Waals surface area (Å²) >= 11 is 0. The summed E-state index contributed by atoms with van der Waals surface area (Å²) in [6.07, 6.45) is 5.04. The normalized spacial score (nSPS) is 29.3. The van der Waals surface area contributed by atoms with Gasteiger partial charge < -0.3 is 14.5 Å². The van der Waals surface area contributed by atoms with Gasteiger partial charge in [-0.15, -0.1) is 0 Å². The standard InChI is InChI=1S/C12H20N2O2/c1-13(2)6-3-4-12(15)14-7-5-11-10(8-14)9-16-11/h3-4,10-11H,5-9H2,1-2H3/b4-3+/t10-,11-/m0/s1. The second-order valence-electron chi connectivity index (χ2n) is 4.87. The minimum Gasteiger partial charge on any atom is -0.377 e. The first-order valence-electron chi connectivity index (χ1n) is 5.88. The largest absolute Gasteiger partial charge is 0.377 e. The van der Waals surface area contributed by atoms with E-state index >= 15 is 0 Å². The molecule has 16 heavy (non-hydrogen) atoms. The predicted molar refractivity (Wildman–Crippen MR) is 62.1 cm³/mol. The van der Waals surface area contributed by atoms with Crippen LogP contribution in [0.3, 0.4) is 0 Å². The lowest BCUT2D eigenvalue weighted by atomic mass is 9.91. The van der Waals surface area contributed by atoms with E-state index in [1.807, 2.05) is 30.0 Å². The lowest BCUT2D eigenvalue weighted by molar-refractivity contribution is -0.159. The minimum absolute atomic E-state index is 0.146. The highest BCUT2D eigenvalue weighted by Gasteiger charge is 2.38. The fourth-order valence-corrected chi connectivity index (χ4v) is 2.19. The maximum atomic E-state index is 11.8. The second kappa shape index (κ2) is 4.97. The number of likely N-dealkylation sites (N-methyl/N-ethyl adjacent to an activating group) is 1. The number of hydrogen-bond donors (Lipinski definition) is 0. The van der Waals surface area contributed by atoms with Gasteiger partial charge in [-0.25, -0.2) is 0 Å². The summed E-state index contributed by atoms with van der Waals surface area (Å²) < 4.78 is 5.41. The molecule has 2 fully saturated rings. The van der Waals surface area contributed by atoms with Crippen LogP contribution < -0.4 is 0 Å². The van der Waals surface area contributed by atoms with Gasteiger partial charge in [0.25, 0.3) is 0 Å². The molecule has 0 saturated carbocycles. The summed E-state index contributed by atoms with van der Waals surface area (Å²) in [4.78, 5) is 15.8. The summed E-state index contributed by atoms with van der Waals surface area (Å²) in [5, 5.41) is 0. The van der Waals surface area contributed by atoms with Crippen LogP contribution in [0.25, 0.3) is 0 Å². The molecule has 2 aliphatic heterocycles. The number of carbonyl (C=O) groups excluding carboxylic acids is 1. The first-order chi connectivity index (χ1) is 7.66. The third-order valence-corrected chi connectivity index (χ3v) is 3.23. The molecule has 1 amide bonds. The Balaban J connectivity index is 1.78. The molecule has 2 atom stereocenters. The average Bonchev–Trinajstić information content (AvgIpc) is 2.19. The van der Waals surface area contributed by atoms with Crippen LogP contribution >= 0.6 is 0 Å². The van der Waals surface area contributed by atoms with E-state index in [0.717, 1.165) is 32.7 Å². The van der Waals surface area contributed by atoms with Gasteiger partial charge in [0.1, 0.15) is 0 Å². The SMILES string of the molecule is CN(C)C/C=C/C(=O)N1CC[C@@H]2OC[C@@H]2C1. The Hall–Kier alpha value is -0.870. The van der Waals surface area contributed by atoms with Crippen LogP contribution in [0.2, 0.25) is 0 Å². The van der Waals surface area contributed by atoms with Crippen molar-refractivity contribution >= 4 is 5.91 Å². The molecule has 0 radical (unpaired) electrons. The summed E-state index contributed by atoms with van der Waals surface area (Å²) in [5.41, 5.74) is 0. The first kappa shape index (κ1) is 11.6. The Morgan fingerprint density at radius 2 is 2.38 bits per heavy atom. The van der Waals surface area contributed by atoms with Crippen molar-refractivity contribution < 1.29 is 9.53 Å². The van der Waals surface area contributed by atoms with E-state index in [0.29, 0.717) is 12.0 Å². The molecule has 2 heterocycles. The van der Waals surface area contributed by atoms with E-state index in [9.17, 15) is 4.79 Å². The van der Waals surface area contributed by atoms with Gasteiger partial charge in [-0.1, -0.05) is 6.08 Å². The van der Waals surface area contributed by atoms with Crippen molar-refractivity contribution in [2.24, 2.45) is 5.92 Å². The number of likely N-dealkylation sites (tertiary alicyclic amines) is 1. The van der Waals surface area contributed by atoms with E-state index in [1.54, 1.807) is 6.08 Å². The van der Waals surface area contributed by atoms with Gasteiger partial charge in [0.2, 0.25) is 5.91 Å². The van der Waals surface area contributed by atoms with Gasteiger partial charge in [-0.05, 0) is 20.5 Å². The number of carbonyl (C=O) groups is 1. The molecule has 0 N–H and O–H groups in total. The number of ether oxygens (including phenoxy) is 1. The molecule has 0 aromatic carbocycles. The van der Waals surface area contributed by atoms with Gasteiger partial charge in [0, 0.05) is 31.6 Å². The van der Waals surface area contributed by atoms with E-state index in [1.165, 1.54) is 0 Å². The molecule has 0 unspecified atom stereocenters. The lowest BCUT2D eigenvalue weighted by Crippen LogP contribution is -2.54. The van der Waals surface area contributed by atoms with Crippen molar-refractivity contribution in [3.63, 3.8) is 0 Å². The molecule has 0 aliphatic carbocycles. The molecule has 0 aromatic rings. The van der Waals surface area contributed by atoms with Crippen LogP contribution in [0.5, 0.6) is 0 Å². The smallest absolute Gasteiger partial charge is 0.246 e. The maximum Gasteiger partial charge on any atom is 0.246 e. The maximum absolute atomic E-state index is 11.8. The monoisotopic (exact) mass is 224 g/mol. The van der Waals surface area contributed by atoms with Crippen molar-refractivity contribution in [3.8, 4) is 0 Å². The highest BCUT2D eigenvalue weighted by atomic mass is 16.5.